The first kappa shape index (κ1) is 21.1. The van der Waals surface area contributed by atoms with Crippen molar-refractivity contribution < 1.29 is 0 Å². The smallest absolute Gasteiger partial charge is 0.0590 e. The van der Waals surface area contributed by atoms with Crippen LogP contribution in [0, 0.1) is 14.1 Å². The Morgan fingerprint density at radius 2 is 0.828 bits per heavy atom. The van der Waals surface area contributed by atoms with E-state index in [0.29, 0.717) is 0 Å². The predicted octanol–water partition coefficient (Wildman–Crippen LogP) is 8.35. The highest BCUT2D eigenvalue weighted by Crippen LogP contribution is 2.45. The maximum atomic E-state index is 3.61. The zero-order valence-electron chi connectivity index (χ0n) is 15.9. The lowest BCUT2D eigenvalue weighted by Crippen LogP contribution is -2.31. The van der Waals surface area contributed by atoms with Crippen LogP contribution in [0.5, 0.6) is 0 Å². The highest BCUT2D eigenvalue weighted by molar-refractivity contribution is 14.1. The monoisotopic (exact) mass is 664 g/mol. The molecule has 4 aromatic carbocycles. The first-order valence-electron chi connectivity index (χ1n) is 9.35. The predicted molar refractivity (Wildman–Crippen MR) is 143 cm³/mol. The molecule has 0 fully saturated rings. The summed E-state index contributed by atoms with van der Waals surface area (Å²) in [6.07, 6.45) is 0. The highest BCUT2D eigenvalue weighted by Gasteiger charge is 2.38. The van der Waals surface area contributed by atoms with E-state index in [1.807, 2.05) is 0 Å². The fourth-order valence-corrected chi connectivity index (χ4v) is 4.89. The molecule has 0 aromatic heterocycles. The molecule has 4 aromatic rings. The molecule has 0 radical (unpaired) electrons. The summed E-state index contributed by atoms with van der Waals surface area (Å²) in [6, 6.07) is 35.6. The molecule has 0 aliphatic rings. The van der Waals surface area contributed by atoms with E-state index in [1.54, 1.807) is 0 Å². The van der Waals surface area contributed by atoms with Crippen LogP contribution in [0.15, 0.2) is 102 Å². The summed E-state index contributed by atoms with van der Waals surface area (Å²) < 4.78 is 3.56. The van der Waals surface area contributed by atoms with Crippen LogP contribution >= 0.6 is 61.1 Å². The summed E-state index contributed by atoms with van der Waals surface area (Å²) in [4.78, 5) is 0. The minimum atomic E-state index is -0.386. The van der Waals surface area contributed by atoms with E-state index in [-0.39, 0.29) is 5.41 Å². The lowest BCUT2D eigenvalue weighted by molar-refractivity contribution is 0.744. The van der Waals surface area contributed by atoms with Crippen molar-refractivity contribution in [3.05, 3.63) is 136 Å². The molecular weight excluding hydrogens is 646 g/mol. The molecule has 0 saturated heterocycles. The van der Waals surface area contributed by atoms with E-state index >= 15 is 0 Å². The van der Waals surface area contributed by atoms with Gasteiger partial charge in [0.25, 0.3) is 0 Å². The third kappa shape index (κ3) is 4.19. The Bertz CT molecular complexity index is 910. The first-order valence-corrected chi connectivity index (χ1v) is 12.3. The van der Waals surface area contributed by atoms with Crippen LogP contribution in [-0.4, -0.2) is 0 Å². The molecule has 0 saturated carbocycles. The zero-order chi connectivity index (χ0) is 20.4. The van der Waals surface area contributed by atoms with Gasteiger partial charge in [-0.3, -0.25) is 0 Å². The first-order chi connectivity index (χ1) is 14.0. The average molecular weight is 665 g/mol. The van der Waals surface area contributed by atoms with E-state index in [4.69, 9.17) is 0 Å². The van der Waals surface area contributed by atoms with Crippen LogP contribution in [0.1, 0.15) is 27.8 Å². The molecule has 0 atom stereocenters. The lowest BCUT2D eigenvalue weighted by atomic mass is 9.65. The molecule has 0 aliphatic heterocycles. The van der Waals surface area contributed by atoms with Crippen LogP contribution in [-0.2, 0) is 5.41 Å². The summed E-state index contributed by atoms with van der Waals surface area (Å²) in [6.45, 7) is 2.14. The van der Waals surface area contributed by atoms with Crippen LogP contribution in [0.3, 0.4) is 0 Å². The van der Waals surface area contributed by atoms with Crippen molar-refractivity contribution >= 4 is 61.1 Å². The van der Waals surface area contributed by atoms with Crippen molar-refractivity contribution in [3.63, 3.8) is 0 Å². The Kier molecular flexibility index (Phi) is 6.47. The van der Waals surface area contributed by atoms with Crippen molar-refractivity contribution in [2.45, 2.75) is 12.3 Å². The normalized spacial score (nSPS) is 11.4. The second-order valence-electron chi connectivity index (χ2n) is 7.14. The van der Waals surface area contributed by atoms with Gasteiger partial charge in [0.05, 0.1) is 5.41 Å². The summed E-state index contributed by atoms with van der Waals surface area (Å²) >= 11 is 8.36. The van der Waals surface area contributed by atoms with E-state index in [9.17, 15) is 0 Å². The molecule has 0 heterocycles. The summed E-state index contributed by atoms with van der Waals surface area (Å²) in [5.74, 6) is 0. The molecule has 0 nitrogen and oxygen atoms in total. The number of aryl methyl sites for hydroxylation is 1. The minimum Gasteiger partial charge on any atom is -0.0590 e. The molecule has 0 bridgehead atoms. The van der Waals surface area contributed by atoms with Gasteiger partial charge < -0.3 is 0 Å². The van der Waals surface area contributed by atoms with Crippen molar-refractivity contribution in [2.75, 3.05) is 0 Å². The Balaban J connectivity index is 2.11. The van der Waals surface area contributed by atoms with Gasteiger partial charge in [0.2, 0.25) is 0 Å². The summed E-state index contributed by atoms with van der Waals surface area (Å²) in [5, 5.41) is 0. The maximum absolute atomic E-state index is 3.61. The summed E-state index contributed by atoms with van der Waals surface area (Å²) in [7, 11) is 0. The molecule has 4 rings (SSSR count). The average Bonchev–Trinajstić information content (AvgIpc) is 2.73. The van der Waals surface area contributed by atoms with E-state index in [0.717, 1.165) is 4.47 Å². The molecule has 3 heteroatoms. The van der Waals surface area contributed by atoms with Crippen LogP contribution in [0.4, 0.5) is 0 Å². The van der Waals surface area contributed by atoms with Crippen molar-refractivity contribution in [1.82, 2.24) is 0 Å². The number of benzene rings is 4. The molecule has 29 heavy (non-hydrogen) atoms. The van der Waals surface area contributed by atoms with Crippen LogP contribution in [0.25, 0.3) is 0 Å². The fourth-order valence-electron chi connectivity index (χ4n) is 3.90. The molecule has 144 valence electrons. The third-order valence-corrected chi connectivity index (χ3v) is 7.28. The van der Waals surface area contributed by atoms with Gasteiger partial charge in [0.15, 0.2) is 0 Å². The van der Waals surface area contributed by atoms with Crippen molar-refractivity contribution in [3.8, 4) is 0 Å². The quantitative estimate of drug-likeness (QED) is 0.152. The number of halogens is 3. The summed E-state index contributed by atoms with van der Waals surface area (Å²) in [5.41, 5.74) is 5.95. The van der Waals surface area contributed by atoms with Crippen LogP contribution in [0.2, 0.25) is 0 Å². The standard InChI is InChI=1S/C26H19BrI2/c1-18-2-4-19(5-3-18)26(20-6-12-23(27)13-7-20,21-8-14-24(28)15-9-21)22-10-16-25(29)17-11-22/h2-17H,1H3. The van der Waals surface area contributed by atoms with E-state index in [2.05, 4.69) is 165 Å². The van der Waals surface area contributed by atoms with Gasteiger partial charge in [-0.1, -0.05) is 82.2 Å². The molecule has 0 aliphatic carbocycles. The van der Waals surface area contributed by atoms with Gasteiger partial charge in [-0.15, -0.1) is 0 Å². The van der Waals surface area contributed by atoms with Gasteiger partial charge >= 0.3 is 0 Å². The fraction of sp³-hybridized carbons (Fsp3) is 0.0769. The molecule has 0 spiro atoms. The van der Waals surface area contributed by atoms with E-state index < -0.39 is 0 Å². The third-order valence-electron chi connectivity index (χ3n) is 5.32. The number of hydrogen-bond donors (Lipinski definition) is 0. The van der Waals surface area contributed by atoms with Gasteiger partial charge in [-0.25, -0.2) is 0 Å². The van der Waals surface area contributed by atoms with Gasteiger partial charge in [0, 0.05) is 11.6 Å². The lowest BCUT2D eigenvalue weighted by Gasteiger charge is -2.37. The maximum Gasteiger partial charge on any atom is 0.0701 e. The SMILES string of the molecule is Cc1ccc(C(c2ccc(Br)cc2)(c2ccc(I)cc2)c2ccc(I)cc2)cc1. The second kappa shape index (κ2) is 8.90. The highest BCUT2D eigenvalue weighted by atomic mass is 127. The number of hydrogen-bond acceptors (Lipinski definition) is 0. The molecule has 0 N–H and O–H groups in total. The Hall–Kier alpha value is -1.18. The van der Waals surface area contributed by atoms with Gasteiger partial charge in [0.1, 0.15) is 0 Å². The minimum absolute atomic E-state index is 0.386. The molecule has 0 amide bonds. The second-order valence-corrected chi connectivity index (χ2v) is 10.5. The van der Waals surface area contributed by atoms with Crippen LogP contribution < -0.4 is 0 Å². The Morgan fingerprint density at radius 3 is 1.21 bits per heavy atom. The van der Waals surface area contributed by atoms with Gasteiger partial charge in [-0.2, -0.15) is 0 Å². The largest absolute Gasteiger partial charge is 0.0701 e. The number of rotatable bonds is 4. The Labute approximate surface area is 208 Å². The van der Waals surface area contributed by atoms with Crippen molar-refractivity contribution in [1.29, 1.82) is 0 Å². The Morgan fingerprint density at radius 1 is 0.517 bits per heavy atom. The van der Waals surface area contributed by atoms with E-state index in [1.165, 1.54) is 35.0 Å². The molecule has 0 unspecified atom stereocenters. The topological polar surface area (TPSA) is 0 Å². The zero-order valence-corrected chi connectivity index (χ0v) is 21.8. The van der Waals surface area contributed by atoms with Crippen molar-refractivity contribution in [2.24, 2.45) is 0 Å². The molecular formula is C26H19BrI2. The van der Waals surface area contributed by atoms with Gasteiger partial charge in [-0.05, 0) is 111 Å².